The highest BCUT2D eigenvalue weighted by Crippen LogP contribution is 2.42. The number of benzene rings is 3. The van der Waals surface area contributed by atoms with E-state index in [0.717, 1.165) is 38.4 Å². The summed E-state index contributed by atoms with van der Waals surface area (Å²) in [6.45, 7) is 8.50. The van der Waals surface area contributed by atoms with Crippen molar-refractivity contribution in [3.8, 4) is 16.9 Å². The molecule has 71 heavy (non-hydrogen) atoms. The van der Waals surface area contributed by atoms with Gasteiger partial charge < -0.3 is 29.4 Å². The molecular weight excluding hydrogens is 980 g/mol. The van der Waals surface area contributed by atoms with Crippen LogP contribution in [-0.4, -0.2) is 121 Å². The Morgan fingerprint density at radius 2 is 1.59 bits per heavy atom. The Labute approximate surface area is 420 Å². The Bertz CT molecular complexity index is 3040. The van der Waals surface area contributed by atoms with E-state index >= 15 is 0 Å². The van der Waals surface area contributed by atoms with Crippen molar-refractivity contribution in [2.75, 3.05) is 57.2 Å². The van der Waals surface area contributed by atoms with Gasteiger partial charge in [0.25, 0.3) is 17.7 Å². The van der Waals surface area contributed by atoms with E-state index in [9.17, 15) is 37.2 Å². The highest BCUT2D eigenvalue weighted by atomic mass is 35.5. The number of imide groups is 2. The van der Waals surface area contributed by atoms with Crippen LogP contribution in [0.4, 0.5) is 5.69 Å². The summed E-state index contributed by atoms with van der Waals surface area (Å²) < 4.78 is 49.6. The first-order valence-corrected chi connectivity index (χ1v) is 25.5. The number of nitrogens with zero attached hydrogens (tertiary/aromatic N) is 4. The van der Waals surface area contributed by atoms with E-state index in [1.54, 1.807) is 34.5 Å². The number of carbonyl (C=O) groups excluding carboxylic acids is 6. The molecule has 2 aliphatic heterocycles. The van der Waals surface area contributed by atoms with Crippen molar-refractivity contribution >= 4 is 85.3 Å². The molecule has 0 saturated carbocycles. The monoisotopic (exact) mass is 1030 g/mol. The Kier molecular flexibility index (Phi) is 16.6. The van der Waals surface area contributed by atoms with Crippen LogP contribution >= 0.6 is 23.2 Å². The third kappa shape index (κ3) is 11.6. The van der Waals surface area contributed by atoms with E-state index in [4.69, 9.17) is 37.4 Å². The number of amides is 6. The van der Waals surface area contributed by atoms with Crippen LogP contribution < -0.4 is 25.4 Å². The van der Waals surface area contributed by atoms with Crippen molar-refractivity contribution in [3.63, 3.8) is 0 Å². The third-order valence-electron chi connectivity index (χ3n) is 12.4. The number of anilines is 1. The Balaban J connectivity index is 0.877. The molecule has 0 radical (unpaired) electrons. The number of ether oxygens (including phenoxy) is 3. The maximum Gasteiger partial charge on any atom is 0.281 e. The highest BCUT2D eigenvalue weighted by Gasteiger charge is 2.45. The Morgan fingerprint density at radius 1 is 0.873 bits per heavy atom. The minimum Gasteiger partial charge on any atom is -0.494 e. The molecule has 0 spiro atoms. The molecule has 22 heteroatoms. The Morgan fingerprint density at radius 3 is 2.28 bits per heavy atom. The number of piperidine rings is 1. The number of rotatable bonds is 22. The maximum absolute atomic E-state index is 14.1. The molecule has 4 N–H and O–H groups in total. The predicted octanol–water partition coefficient (Wildman–Crippen LogP) is 5.24. The van der Waals surface area contributed by atoms with E-state index in [2.05, 4.69) is 25.8 Å². The van der Waals surface area contributed by atoms with E-state index in [-0.39, 0.29) is 75.6 Å². The molecule has 0 aliphatic carbocycles. The van der Waals surface area contributed by atoms with E-state index in [0.29, 0.717) is 57.6 Å². The lowest BCUT2D eigenvalue weighted by Gasteiger charge is -2.27. The van der Waals surface area contributed by atoms with Gasteiger partial charge in [-0.05, 0) is 94.0 Å². The average molecular weight is 1040 g/mol. The molecule has 2 aromatic heterocycles. The first-order valence-electron chi connectivity index (χ1n) is 23.0. The fraction of sp³-hybridized carbons (Fsp3) is 0.408. The zero-order chi connectivity index (χ0) is 51.3. The third-order valence-corrected chi connectivity index (χ3v) is 14.6. The molecule has 1 atom stereocenters. The predicted molar refractivity (Wildman–Crippen MR) is 266 cm³/mol. The van der Waals surface area contributed by atoms with Crippen LogP contribution in [0, 0.1) is 27.7 Å². The van der Waals surface area contributed by atoms with Gasteiger partial charge >= 0.3 is 0 Å². The molecule has 19 nitrogen and oxygen atoms in total. The summed E-state index contributed by atoms with van der Waals surface area (Å²) in [5, 5.41) is 14.3. The van der Waals surface area contributed by atoms with Crippen LogP contribution in [0.5, 0.6) is 5.75 Å². The van der Waals surface area contributed by atoms with Gasteiger partial charge in [-0.3, -0.25) is 43.7 Å². The van der Waals surface area contributed by atoms with Crippen molar-refractivity contribution < 1.29 is 51.4 Å². The number of aryl methyl sites for hydroxylation is 6. The molecule has 7 rings (SSSR count). The van der Waals surface area contributed by atoms with Gasteiger partial charge in [0.15, 0.2) is 0 Å². The number of sulfonamides is 1. The second kappa shape index (κ2) is 22.4. The summed E-state index contributed by atoms with van der Waals surface area (Å²) in [6.07, 6.45) is 0.859. The van der Waals surface area contributed by atoms with Crippen LogP contribution in [0.3, 0.4) is 0 Å². The number of carbonyl (C=O) groups is 6. The standard InChI is InChI=1S/C49H56Cl2N8O11S/c1-27-25-31(26-28(2)43(27)51)70-19-8-10-32-33-12-13-35(50)42(40-29(3)55-58(6)30(40)4)44(33)57(5)45(32)47(63)56-71(66,67)24-18-53-38(60)16-20-68-22-23-69-21-17-52-36-11-7-9-34-41(36)49(65)59(48(34)64)37-14-15-39(61)54-46(37)62/h7,9,11-13,25-26,37,52H,8,10,14-24H2,1-6H3,(H,53,60)(H,56,63)(H,54,61,62). The topological polar surface area (TPSA) is 238 Å². The second-order valence-electron chi connectivity index (χ2n) is 17.4. The van der Waals surface area contributed by atoms with Crippen molar-refractivity contribution in [1.82, 2.24) is 34.6 Å². The fourth-order valence-electron chi connectivity index (χ4n) is 9.01. The molecule has 1 fully saturated rings. The minimum atomic E-state index is -4.24. The number of fused-ring (bicyclic) bond motifs is 2. The van der Waals surface area contributed by atoms with Crippen molar-refractivity contribution in [2.45, 2.75) is 65.8 Å². The number of aromatic nitrogens is 3. The minimum absolute atomic E-state index is 0.0201. The SMILES string of the molecule is Cc1cc(OCCCc2c(C(=O)NS(=O)(=O)CCNC(=O)CCOCCOCCNc3cccc4c3C(=O)N(C3CCC(=O)NC3=O)C4=O)n(C)c3c(-c4c(C)nn(C)c4C)c(Cl)ccc23)cc(C)c1Cl. The van der Waals surface area contributed by atoms with Crippen molar-refractivity contribution in [3.05, 3.63) is 97.4 Å². The quantitative estimate of drug-likeness (QED) is 0.0513. The summed E-state index contributed by atoms with van der Waals surface area (Å²) in [7, 11) is -0.709. The first kappa shape index (κ1) is 52.5. The van der Waals surface area contributed by atoms with E-state index in [1.165, 1.54) is 6.07 Å². The second-order valence-corrected chi connectivity index (χ2v) is 20.0. The lowest BCUT2D eigenvalue weighted by atomic mass is 9.98. The molecule has 3 aromatic carbocycles. The van der Waals surface area contributed by atoms with E-state index in [1.807, 2.05) is 52.9 Å². The van der Waals surface area contributed by atoms with Crippen LogP contribution in [-0.2, 0) is 54.4 Å². The molecule has 1 saturated heterocycles. The summed E-state index contributed by atoms with van der Waals surface area (Å²) in [5.74, 6) is -3.57. The number of halogens is 2. The van der Waals surface area contributed by atoms with Gasteiger partial charge in [0.05, 0.1) is 66.1 Å². The van der Waals surface area contributed by atoms with Crippen LogP contribution in [0.15, 0.2) is 42.5 Å². The highest BCUT2D eigenvalue weighted by molar-refractivity contribution is 7.90. The zero-order valence-electron chi connectivity index (χ0n) is 40.3. The Hall–Kier alpha value is -6.32. The first-order chi connectivity index (χ1) is 33.8. The largest absolute Gasteiger partial charge is 0.494 e. The van der Waals surface area contributed by atoms with Gasteiger partial charge in [0, 0.05) is 72.9 Å². The summed E-state index contributed by atoms with van der Waals surface area (Å²) in [5.41, 5.74) is 6.94. The normalized spacial score (nSPS) is 14.8. The van der Waals surface area contributed by atoms with Gasteiger partial charge in [-0.15, -0.1) is 0 Å². The number of hydrogen-bond acceptors (Lipinski definition) is 13. The number of hydrogen-bond donors (Lipinski definition) is 4. The molecule has 5 aromatic rings. The zero-order valence-corrected chi connectivity index (χ0v) is 42.6. The average Bonchev–Trinajstić information content (AvgIpc) is 3.85. The maximum atomic E-state index is 14.1. The summed E-state index contributed by atoms with van der Waals surface area (Å²) in [4.78, 5) is 78.0. The summed E-state index contributed by atoms with van der Waals surface area (Å²) in [6, 6.07) is 11.0. The van der Waals surface area contributed by atoms with Crippen LogP contribution in [0.2, 0.25) is 10.0 Å². The van der Waals surface area contributed by atoms with Crippen LogP contribution in [0.25, 0.3) is 22.0 Å². The number of nitrogens with one attached hydrogen (secondary N) is 4. The fourth-order valence-corrected chi connectivity index (χ4v) is 10.2. The van der Waals surface area contributed by atoms with Gasteiger partial charge in [0.1, 0.15) is 17.5 Å². The molecule has 6 amide bonds. The van der Waals surface area contributed by atoms with Gasteiger partial charge in [-0.2, -0.15) is 5.10 Å². The van der Waals surface area contributed by atoms with E-state index < -0.39 is 57.3 Å². The smallest absolute Gasteiger partial charge is 0.281 e. The lowest BCUT2D eigenvalue weighted by Crippen LogP contribution is -2.54. The molecular formula is C49H56Cl2N8O11S. The molecule has 2 aliphatic rings. The molecule has 4 heterocycles. The van der Waals surface area contributed by atoms with Gasteiger partial charge in [-0.25, -0.2) is 13.1 Å². The van der Waals surface area contributed by atoms with Crippen molar-refractivity contribution in [1.29, 1.82) is 0 Å². The molecule has 1 unspecified atom stereocenters. The van der Waals surface area contributed by atoms with Gasteiger partial charge in [-0.1, -0.05) is 35.3 Å². The van der Waals surface area contributed by atoms with Crippen LogP contribution in [0.1, 0.15) is 85.0 Å². The van der Waals surface area contributed by atoms with Crippen molar-refractivity contribution in [2.24, 2.45) is 14.1 Å². The summed E-state index contributed by atoms with van der Waals surface area (Å²) >= 11 is 13.3. The van der Waals surface area contributed by atoms with Gasteiger partial charge in [0.2, 0.25) is 27.7 Å². The lowest BCUT2D eigenvalue weighted by molar-refractivity contribution is -0.136. The molecule has 378 valence electrons. The molecule has 0 bridgehead atoms.